The number of fused-ring (bicyclic) bond motifs is 1. The van der Waals surface area contributed by atoms with Gasteiger partial charge in [-0.15, -0.1) is 0 Å². The summed E-state index contributed by atoms with van der Waals surface area (Å²) in [5, 5.41) is 9.27. The molecule has 5 heteroatoms. The Morgan fingerprint density at radius 3 is 3.07 bits per heavy atom. The Labute approximate surface area is 79.3 Å². The summed E-state index contributed by atoms with van der Waals surface area (Å²) in [6, 6.07) is 3.47. The molecule has 0 amide bonds. The fourth-order valence-corrected chi connectivity index (χ4v) is 1.26. The molecule has 5 nitrogen and oxygen atoms in total. The molecule has 0 aliphatic heterocycles. The van der Waals surface area contributed by atoms with Gasteiger partial charge >= 0.3 is 6.16 Å². The van der Waals surface area contributed by atoms with E-state index < -0.39 is 6.16 Å². The number of nitrogens with zero attached hydrogens (tertiary/aromatic N) is 1. The van der Waals surface area contributed by atoms with Crippen LogP contribution in [-0.4, -0.2) is 21.2 Å². The molecule has 0 bridgehead atoms. The molecule has 2 aromatic rings. The van der Waals surface area contributed by atoms with E-state index in [-0.39, 0.29) is 5.88 Å². The fraction of sp³-hybridized carbons (Fsp3) is 0.111. The molecule has 0 spiro atoms. The number of carboxylic acid groups (broad SMARTS) is 1. The van der Waals surface area contributed by atoms with Crippen LogP contribution in [0, 0.1) is 6.92 Å². The number of carbonyl (C=O) groups is 1. The topological polar surface area (TPSA) is 75.2 Å². The first-order chi connectivity index (χ1) is 6.65. The van der Waals surface area contributed by atoms with Crippen LogP contribution in [-0.2, 0) is 0 Å². The van der Waals surface area contributed by atoms with Gasteiger partial charge in [0.25, 0.3) is 0 Å². The normalized spacial score (nSPS) is 10.4. The molecule has 2 N–H and O–H groups in total. The van der Waals surface area contributed by atoms with Crippen LogP contribution in [0.4, 0.5) is 4.79 Å². The van der Waals surface area contributed by atoms with Crippen LogP contribution < -0.4 is 4.74 Å². The molecule has 2 heterocycles. The van der Waals surface area contributed by atoms with Gasteiger partial charge in [-0.3, -0.25) is 4.98 Å². The Morgan fingerprint density at radius 1 is 1.57 bits per heavy atom. The first-order valence-electron chi connectivity index (χ1n) is 4.01. The van der Waals surface area contributed by atoms with Crippen LogP contribution in [0.2, 0.25) is 0 Å². The van der Waals surface area contributed by atoms with Crippen molar-refractivity contribution >= 4 is 17.1 Å². The number of rotatable bonds is 1. The van der Waals surface area contributed by atoms with Crippen LogP contribution in [0.15, 0.2) is 18.3 Å². The van der Waals surface area contributed by atoms with Crippen molar-refractivity contribution in [2.45, 2.75) is 6.92 Å². The number of aromatic nitrogens is 2. The zero-order valence-corrected chi connectivity index (χ0v) is 7.44. The quantitative estimate of drug-likeness (QED) is 0.677. The van der Waals surface area contributed by atoms with Crippen LogP contribution in [0.5, 0.6) is 5.88 Å². The molecule has 14 heavy (non-hydrogen) atoms. The van der Waals surface area contributed by atoms with Crippen molar-refractivity contribution in [2.24, 2.45) is 0 Å². The number of hydrogen-bond donors (Lipinski definition) is 2. The third-order valence-electron chi connectivity index (χ3n) is 1.81. The summed E-state index contributed by atoms with van der Waals surface area (Å²) >= 11 is 0. The van der Waals surface area contributed by atoms with E-state index in [0.29, 0.717) is 0 Å². The second kappa shape index (κ2) is 3.02. The van der Waals surface area contributed by atoms with Gasteiger partial charge in [-0.2, -0.15) is 0 Å². The lowest BCUT2D eigenvalue weighted by atomic mass is 10.3. The first kappa shape index (κ1) is 8.55. The second-order valence-corrected chi connectivity index (χ2v) is 2.91. The minimum absolute atomic E-state index is 0.208. The van der Waals surface area contributed by atoms with Gasteiger partial charge in [-0.25, -0.2) is 4.79 Å². The number of ether oxygens (including phenoxy) is 1. The van der Waals surface area contributed by atoms with E-state index in [1.165, 1.54) is 0 Å². The van der Waals surface area contributed by atoms with Gasteiger partial charge in [0.1, 0.15) is 0 Å². The van der Waals surface area contributed by atoms with E-state index in [1.807, 2.05) is 13.0 Å². The highest BCUT2D eigenvalue weighted by Crippen LogP contribution is 2.20. The van der Waals surface area contributed by atoms with Gasteiger partial charge < -0.3 is 14.8 Å². The van der Waals surface area contributed by atoms with E-state index in [9.17, 15) is 4.79 Å². The van der Waals surface area contributed by atoms with E-state index in [0.717, 1.165) is 16.6 Å². The van der Waals surface area contributed by atoms with Gasteiger partial charge in [0.2, 0.25) is 5.88 Å². The maximum atomic E-state index is 10.3. The summed E-state index contributed by atoms with van der Waals surface area (Å²) in [7, 11) is 0. The monoisotopic (exact) mass is 192 g/mol. The number of aryl methyl sites for hydroxylation is 1. The number of hydrogen-bond acceptors (Lipinski definition) is 3. The lowest BCUT2D eigenvalue weighted by Crippen LogP contribution is -2.02. The van der Waals surface area contributed by atoms with Crippen LogP contribution in [0.1, 0.15) is 5.69 Å². The molecule has 0 unspecified atom stereocenters. The zero-order chi connectivity index (χ0) is 10.1. The first-order valence-corrected chi connectivity index (χ1v) is 4.01. The van der Waals surface area contributed by atoms with Gasteiger partial charge in [0.15, 0.2) is 0 Å². The van der Waals surface area contributed by atoms with Crippen LogP contribution in [0.3, 0.4) is 0 Å². The minimum atomic E-state index is -1.33. The zero-order valence-electron chi connectivity index (χ0n) is 7.44. The van der Waals surface area contributed by atoms with Crippen LogP contribution >= 0.6 is 0 Å². The summed E-state index contributed by atoms with van der Waals surface area (Å²) in [4.78, 5) is 17.1. The van der Waals surface area contributed by atoms with E-state index >= 15 is 0 Å². The molecule has 0 aliphatic rings. The average Bonchev–Trinajstić information content (AvgIpc) is 2.44. The minimum Gasteiger partial charge on any atom is -0.449 e. The number of pyridine rings is 1. The molecule has 2 aromatic heterocycles. The summed E-state index contributed by atoms with van der Waals surface area (Å²) < 4.78 is 4.47. The SMILES string of the molecule is Cc1cc2cc(OC(=O)O)[nH]c2cn1. The molecule has 0 atom stereocenters. The highest BCUT2D eigenvalue weighted by atomic mass is 16.7. The number of H-pyrrole nitrogens is 1. The smallest absolute Gasteiger partial charge is 0.449 e. The molecule has 0 aromatic carbocycles. The Hall–Kier alpha value is -2.04. The van der Waals surface area contributed by atoms with Crippen molar-refractivity contribution in [3.05, 3.63) is 24.0 Å². The Morgan fingerprint density at radius 2 is 2.36 bits per heavy atom. The summed E-state index contributed by atoms with van der Waals surface area (Å²) in [6.45, 7) is 1.87. The molecule has 0 saturated heterocycles. The number of aromatic amines is 1. The molecule has 0 radical (unpaired) electrons. The second-order valence-electron chi connectivity index (χ2n) is 2.91. The molecule has 0 fully saturated rings. The van der Waals surface area contributed by atoms with Crippen molar-refractivity contribution in [1.29, 1.82) is 0 Å². The maximum absolute atomic E-state index is 10.3. The molecule has 2 rings (SSSR count). The van der Waals surface area contributed by atoms with E-state index in [4.69, 9.17) is 5.11 Å². The average molecular weight is 192 g/mol. The van der Waals surface area contributed by atoms with E-state index in [1.54, 1.807) is 12.3 Å². The van der Waals surface area contributed by atoms with E-state index in [2.05, 4.69) is 14.7 Å². The van der Waals surface area contributed by atoms with Gasteiger partial charge in [-0.1, -0.05) is 0 Å². The highest BCUT2D eigenvalue weighted by Gasteiger charge is 2.05. The van der Waals surface area contributed by atoms with Gasteiger partial charge in [0, 0.05) is 17.1 Å². The van der Waals surface area contributed by atoms with Crippen molar-refractivity contribution in [3.63, 3.8) is 0 Å². The number of nitrogens with one attached hydrogen (secondary N) is 1. The third kappa shape index (κ3) is 1.52. The highest BCUT2D eigenvalue weighted by molar-refractivity contribution is 5.81. The molecule has 0 aliphatic carbocycles. The van der Waals surface area contributed by atoms with Crippen LogP contribution in [0.25, 0.3) is 10.9 Å². The van der Waals surface area contributed by atoms with Crippen molar-refractivity contribution in [2.75, 3.05) is 0 Å². The Kier molecular flexibility index (Phi) is 1.85. The lowest BCUT2D eigenvalue weighted by molar-refractivity contribution is 0.143. The molecule has 0 saturated carbocycles. The van der Waals surface area contributed by atoms with Gasteiger partial charge in [0.05, 0.1) is 11.7 Å². The molecular weight excluding hydrogens is 184 g/mol. The fourth-order valence-electron chi connectivity index (χ4n) is 1.26. The Bertz CT molecular complexity index is 490. The summed E-state index contributed by atoms with van der Waals surface area (Å²) in [5.41, 5.74) is 1.63. The summed E-state index contributed by atoms with van der Waals surface area (Å²) in [5.74, 6) is 0.208. The predicted molar refractivity (Wildman–Crippen MR) is 49.5 cm³/mol. The largest absolute Gasteiger partial charge is 0.512 e. The van der Waals surface area contributed by atoms with Crippen molar-refractivity contribution < 1.29 is 14.6 Å². The standard InChI is InChI=1S/C9H8N2O3/c1-5-2-6-3-8(14-9(12)13)11-7(6)4-10-5/h2-4,11H,1H3,(H,12,13). The Balaban J connectivity index is 2.46. The van der Waals surface area contributed by atoms with Gasteiger partial charge in [-0.05, 0) is 13.0 Å². The van der Waals surface area contributed by atoms with Crippen molar-refractivity contribution in [3.8, 4) is 5.88 Å². The lowest BCUT2D eigenvalue weighted by Gasteiger charge is -1.91. The maximum Gasteiger partial charge on any atom is 0.512 e. The van der Waals surface area contributed by atoms with Crippen molar-refractivity contribution in [1.82, 2.24) is 9.97 Å². The molecular formula is C9H8N2O3. The predicted octanol–water partition coefficient (Wildman–Crippen LogP) is 1.93. The summed E-state index contributed by atoms with van der Waals surface area (Å²) in [6.07, 6.45) is 0.306. The molecule has 72 valence electrons. The third-order valence-corrected chi connectivity index (χ3v) is 1.81.